The summed E-state index contributed by atoms with van der Waals surface area (Å²) in [5.41, 5.74) is 11.6. The first-order valence-corrected chi connectivity index (χ1v) is 11.6. The second-order valence-electron chi connectivity index (χ2n) is 9.05. The van der Waals surface area contributed by atoms with Crippen molar-refractivity contribution in [3.05, 3.63) is 82.4 Å². The molecular weight excluding hydrogens is 412 g/mol. The van der Waals surface area contributed by atoms with Gasteiger partial charge in [-0.1, -0.05) is 12.1 Å². The molecule has 7 heteroatoms. The first-order valence-electron chi connectivity index (χ1n) is 11.6. The Hall–Kier alpha value is -3.58. The van der Waals surface area contributed by atoms with Crippen molar-refractivity contribution in [1.82, 2.24) is 20.1 Å². The zero-order chi connectivity index (χ0) is 22.8. The summed E-state index contributed by atoms with van der Waals surface area (Å²) < 4.78 is 1.61. The smallest absolute Gasteiger partial charge is 0.255 e. The van der Waals surface area contributed by atoms with Crippen molar-refractivity contribution in [2.75, 3.05) is 11.1 Å². The van der Waals surface area contributed by atoms with Gasteiger partial charge in [-0.15, -0.1) is 0 Å². The quantitative estimate of drug-likeness (QED) is 0.360. The second-order valence-corrected chi connectivity index (χ2v) is 9.05. The maximum atomic E-state index is 12.4. The van der Waals surface area contributed by atoms with E-state index in [2.05, 4.69) is 51.2 Å². The third-order valence-electron chi connectivity index (χ3n) is 6.57. The molecule has 0 unspecified atom stereocenters. The SMILES string of the molecule is Cc1cc(=O)n(-c2cccc(CN[C@H]3CCC[C@@H](Nc4ccc5[nH]ncc5c4)C3)c2)cc1N. The van der Waals surface area contributed by atoms with Crippen LogP contribution in [-0.2, 0) is 6.54 Å². The molecular formula is C26H30N6O. The Kier molecular flexibility index (Phi) is 5.88. The number of rotatable bonds is 6. The maximum absolute atomic E-state index is 12.4. The Morgan fingerprint density at radius 3 is 2.94 bits per heavy atom. The molecule has 0 amide bonds. The van der Waals surface area contributed by atoms with Gasteiger partial charge in [-0.25, -0.2) is 0 Å². The summed E-state index contributed by atoms with van der Waals surface area (Å²) in [7, 11) is 0. The highest BCUT2D eigenvalue weighted by Gasteiger charge is 2.21. The third kappa shape index (κ3) is 4.78. The van der Waals surface area contributed by atoms with Gasteiger partial charge in [-0.3, -0.25) is 14.5 Å². The van der Waals surface area contributed by atoms with Gasteiger partial charge in [0, 0.05) is 47.7 Å². The summed E-state index contributed by atoms with van der Waals surface area (Å²) in [6.45, 7) is 2.62. The molecule has 5 N–H and O–H groups in total. The van der Waals surface area contributed by atoms with Gasteiger partial charge in [-0.05, 0) is 74.1 Å². The van der Waals surface area contributed by atoms with Crippen LogP contribution in [-0.4, -0.2) is 26.8 Å². The van der Waals surface area contributed by atoms with Gasteiger partial charge in [0.25, 0.3) is 5.56 Å². The minimum absolute atomic E-state index is 0.0680. The number of nitrogens with zero attached hydrogens (tertiary/aromatic N) is 2. The van der Waals surface area contributed by atoms with Crippen molar-refractivity contribution >= 4 is 22.3 Å². The van der Waals surface area contributed by atoms with E-state index in [-0.39, 0.29) is 5.56 Å². The Morgan fingerprint density at radius 2 is 2.03 bits per heavy atom. The van der Waals surface area contributed by atoms with Crippen molar-refractivity contribution in [2.45, 2.75) is 51.2 Å². The molecule has 0 bridgehead atoms. The van der Waals surface area contributed by atoms with Gasteiger partial charge in [0.05, 0.1) is 17.4 Å². The zero-order valence-electron chi connectivity index (χ0n) is 18.8. The predicted molar refractivity (Wildman–Crippen MR) is 134 cm³/mol. The van der Waals surface area contributed by atoms with E-state index in [0.29, 0.717) is 17.8 Å². The number of hydrogen-bond donors (Lipinski definition) is 4. The number of H-pyrrole nitrogens is 1. The van der Waals surface area contributed by atoms with Crippen molar-refractivity contribution in [2.24, 2.45) is 0 Å². The van der Waals surface area contributed by atoms with Gasteiger partial charge in [0.2, 0.25) is 0 Å². The molecule has 2 heterocycles. The van der Waals surface area contributed by atoms with Crippen LogP contribution in [0.15, 0.2) is 65.7 Å². The van der Waals surface area contributed by atoms with Crippen LogP contribution in [0.4, 0.5) is 11.4 Å². The van der Waals surface area contributed by atoms with Crippen LogP contribution in [0.3, 0.4) is 0 Å². The van der Waals surface area contributed by atoms with E-state index in [4.69, 9.17) is 5.73 Å². The molecule has 0 spiro atoms. The number of nitrogen functional groups attached to an aromatic ring is 1. The molecule has 0 saturated heterocycles. The van der Waals surface area contributed by atoms with Crippen LogP contribution in [0.5, 0.6) is 0 Å². The lowest BCUT2D eigenvalue weighted by Crippen LogP contribution is -2.38. The zero-order valence-corrected chi connectivity index (χ0v) is 18.8. The van der Waals surface area contributed by atoms with Gasteiger partial charge in [0.15, 0.2) is 0 Å². The van der Waals surface area contributed by atoms with Crippen LogP contribution in [0.25, 0.3) is 16.6 Å². The number of pyridine rings is 1. The molecule has 1 fully saturated rings. The fourth-order valence-electron chi connectivity index (χ4n) is 4.70. The summed E-state index contributed by atoms with van der Waals surface area (Å²) in [6, 6.07) is 16.9. The van der Waals surface area contributed by atoms with Gasteiger partial charge in [0.1, 0.15) is 0 Å². The highest BCUT2D eigenvalue weighted by molar-refractivity contribution is 5.81. The molecule has 4 aromatic rings. The summed E-state index contributed by atoms with van der Waals surface area (Å²) in [4.78, 5) is 12.4. The van der Waals surface area contributed by atoms with Crippen LogP contribution in [0.1, 0.15) is 36.8 Å². The highest BCUT2D eigenvalue weighted by atomic mass is 16.1. The number of benzene rings is 2. The van der Waals surface area contributed by atoms with Gasteiger partial charge < -0.3 is 16.4 Å². The van der Waals surface area contributed by atoms with Crippen LogP contribution in [0.2, 0.25) is 0 Å². The maximum Gasteiger partial charge on any atom is 0.255 e. The van der Waals surface area contributed by atoms with Crippen LogP contribution >= 0.6 is 0 Å². The molecule has 1 aliphatic rings. The van der Waals surface area contributed by atoms with E-state index < -0.39 is 0 Å². The lowest BCUT2D eigenvalue weighted by molar-refractivity contribution is 0.350. The number of aromatic nitrogens is 3. The van der Waals surface area contributed by atoms with E-state index in [1.54, 1.807) is 16.8 Å². The van der Waals surface area contributed by atoms with E-state index in [0.717, 1.165) is 46.4 Å². The number of aryl methyl sites for hydroxylation is 1. The fourth-order valence-corrected chi connectivity index (χ4v) is 4.70. The third-order valence-corrected chi connectivity index (χ3v) is 6.57. The lowest BCUT2D eigenvalue weighted by atomic mass is 9.90. The standard InChI is InChI=1S/C26H30N6O/c1-17-10-26(33)32(16-24(17)27)23-7-2-4-18(11-23)14-28-20-5-3-6-21(13-20)30-22-8-9-25-19(12-22)15-29-31-25/h2,4,7-12,15-16,20-21,28,30H,3,5-6,13-14,27H2,1H3,(H,29,31)/t20-,21+/m0/s1. The summed E-state index contributed by atoms with van der Waals surface area (Å²) >= 11 is 0. The molecule has 0 aliphatic heterocycles. The molecule has 0 radical (unpaired) electrons. The van der Waals surface area contributed by atoms with E-state index in [9.17, 15) is 4.79 Å². The topological polar surface area (TPSA) is 101 Å². The Balaban J connectivity index is 1.22. The van der Waals surface area contributed by atoms with Gasteiger partial charge in [-0.2, -0.15) is 5.10 Å². The average Bonchev–Trinajstić information content (AvgIpc) is 3.28. The average molecular weight is 443 g/mol. The van der Waals surface area contributed by atoms with Crippen molar-refractivity contribution in [3.63, 3.8) is 0 Å². The first-order chi connectivity index (χ1) is 16.0. The molecule has 170 valence electrons. The molecule has 1 aliphatic carbocycles. The second kappa shape index (κ2) is 9.11. The Morgan fingerprint density at radius 1 is 1.15 bits per heavy atom. The normalized spacial score (nSPS) is 18.5. The lowest BCUT2D eigenvalue weighted by Gasteiger charge is -2.31. The molecule has 2 aromatic heterocycles. The highest BCUT2D eigenvalue weighted by Crippen LogP contribution is 2.24. The number of anilines is 2. The predicted octanol–water partition coefficient (Wildman–Crippen LogP) is 4.12. The van der Waals surface area contributed by atoms with Crippen LogP contribution in [0, 0.1) is 6.92 Å². The summed E-state index contributed by atoms with van der Waals surface area (Å²) in [5.74, 6) is 0. The van der Waals surface area contributed by atoms with Gasteiger partial charge >= 0.3 is 0 Å². The molecule has 2 atom stereocenters. The van der Waals surface area contributed by atoms with Crippen LogP contribution < -0.4 is 21.9 Å². The molecule has 1 saturated carbocycles. The van der Waals surface area contributed by atoms with E-state index >= 15 is 0 Å². The van der Waals surface area contributed by atoms with Crippen molar-refractivity contribution in [3.8, 4) is 5.69 Å². The minimum Gasteiger partial charge on any atom is -0.397 e. The van der Waals surface area contributed by atoms with Crippen molar-refractivity contribution in [1.29, 1.82) is 0 Å². The van der Waals surface area contributed by atoms with E-state index in [1.807, 2.05) is 25.3 Å². The van der Waals surface area contributed by atoms with E-state index in [1.165, 1.54) is 19.3 Å². The Labute approximate surface area is 193 Å². The number of hydrogen-bond acceptors (Lipinski definition) is 5. The number of aromatic amines is 1. The molecule has 2 aromatic carbocycles. The number of fused-ring (bicyclic) bond motifs is 1. The summed E-state index contributed by atoms with van der Waals surface area (Å²) in [5, 5.41) is 15.7. The number of nitrogens with two attached hydrogens (primary N) is 1. The number of nitrogens with one attached hydrogen (secondary N) is 3. The molecule has 33 heavy (non-hydrogen) atoms. The fraction of sp³-hybridized carbons (Fsp3) is 0.308. The molecule has 7 nitrogen and oxygen atoms in total. The van der Waals surface area contributed by atoms with Crippen molar-refractivity contribution < 1.29 is 0 Å². The minimum atomic E-state index is -0.0680. The largest absolute Gasteiger partial charge is 0.397 e. The first kappa shape index (κ1) is 21.3. The monoisotopic (exact) mass is 442 g/mol. The molecule has 5 rings (SSSR count). The Bertz CT molecular complexity index is 1320. The summed E-state index contributed by atoms with van der Waals surface area (Å²) in [6.07, 6.45) is 8.20.